The number of hydrogen-bond donors (Lipinski definition) is 1. The number of unbranched alkanes of at least 4 members (excludes halogenated alkanes) is 1. The van der Waals surface area contributed by atoms with Crippen LogP contribution in [0.5, 0.6) is 0 Å². The van der Waals surface area contributed by atoms with E-state index >= 15 is 0 Å². The highest BCUT2D eigenvalue weighted by molar-refractivity contribution is 5.95. The van der Waals surface area contributed by atoms with Crippen LogP contribution in [0.3, 0.4) is 0 Å². The number of piperazine rings is 1. The summed E-state index contributed by atoms with van der Waals surface area (Å²) < 4.78 is 10.0. The van der Waals surface area contributed by atoms with Gasteiger partial charge in [-0.25, -0.2) is 9.59 Å². The number of ether oxygens (including phenoxy) is 1. The fraction of sp³-hybridized carbons (Fsp3) is 0.321. The fourth-order valence-electron chi connectivity index (χ4n) is 4.96. The normalized spacial score (nSPS) is 14.3. The average molecular weight is 485 g/mol. The van der Waals surface area contributed by atoms with Gasteiger partial charge in [0.25, 0.3) is 0 Å². The van der Waals surface area contributed by atoms with E-state index in [0.717, 1.165) is 74.0 Å². The summed E-state index contributed by atoms with van der Waals surface area (Å²) >= 11 is 0. The fourth-order valence-corrected chi connectivity index (χ4v) is 4.96. The molecule has 3 heterocycles. The van der Waals surface area contributed by atoms with Gasteiger partial charge < -0.3 is 19.0 Å². The van der Waals surface area contributed by atoms with Crippen LogP contribution in [0, 0.1) is 11.3 Å². The molecule has 1 aliphatic heterocycles. The number of hydrogen-bond acceptors (Lipinski definition) is 7. The van der Waals surface area contributed by atoms with Gasteiger partial charge in [-0.1, -0.05) is 6.07 Å². The Kier molecular flexibility index (Phi) is 6.74. The summed E-state index contributed by atoms with van der Waals surface area (Å²) in [4.78, 5) is 31.2. The first kappa shape index (κ1) is 23.6. The van der Waals surface area contributed by atoms with Crippen LogP contribution in [0.2, 0.25) is 0 Å². The summed E-state index contributed by atoms with van der Waals surface area (Å²) in [6.45, 7) is 4.62. The third-order valence-electron chi connectivity index (χ3n) is 6.93. The number of nitriles is 1. The van der Waals surface area contributed by atoms with Crippen molar-refractivity contribution in [3.8, 4) is 6.07 Å². The van der Waals surface area contributed by atoms with Crippen molar-refractivity contribution < 1.29 is 13.9 Å². The second-order valence-corrected chi connectivity index (χ2v) is 9.13. The minimum Gasteiger partial charge on any atom is -0.465 e. The summed E-state index contributed by atoms with van der Waals surface area (Å²) in [5.41, 5.74) is 4.23. The lowest BCUT2D eigenvalue weighted by Crippen LogP contribution is -2.46. The van der Waals surface area contributed by atoms with E-state index in [1.807, 2.05) is 30.5 Å². The molecule has 1 N–H and O–H groups in total. The molecule has 8 nitrogen and oxygen atoms in total. The second-order valence-electron chi connectivity index (χ2n) is 9.13. The van der Waals surface area contributed by atoms with Crippen molar-refractivity contribution in [2.24, 2.45) is 0 Å². The summed E-state index contributed by atoms with van der Waals surface area (Å²) in [5, 5.41) is 11.6. The zero-order chi connectivity index (χ0) is 25.1. The quantitative estimate of drug-likeness (QED) is 0.240. The molecule has 4 aromatic rings. The molecule has 2 aromatic heterocycles. The molecular formula is C28H28N4O4. The highest BCUT2D eigenvalue weighted by Gasteiger charge is 2.20. The molecule has 1 fully saturated rings. The third kappa shape index (κ3) is 4.83. The number of methoxy groups -OCH3 is 1. The Morgan fingerprint density at radius 3 is 2.72 bits per heavy atom. The molecule has 0 amide bonds. The summed E-state index contributed by atoms with van der Waals surface area (Å²) in [5.74, 6) is -0.328. The number of aryl methyl sites for hydroxylation is 1. The maximum absolute atomic E-state index is 11.7. The molecule has 5 rings (SSSR count). The van der Waals surface area contributed by atoms with Crippen LogP contribution < -0.4 is 10.5 Å². The first-order valence-corrected chi connectivity index (χ1v) is 12.2. The van der Waals surface area contributed by atoms with Crippen LogP contribution in [0.1, 0.15) is 34.3 Å². The van der Waals surface area contributed by atoms with E-state index < -0.39 is 5.63 Å². The monoisotopic (exact) mass is 484 g/mol. The Hall–Kier alpha value is -4.09. The molecule has 0 bridgehead atoms. The lowest BCUT2D eigenvalue weighted by Gasteiger charge is -2.36. The first-order chi connectivity index (χ1) is 17.6. The molecule has 0 unspecified atom stereocenters. The van der Waals surface area contributed by atoms with Crippen LogP contribution in [-0.4, -0.2) is 55.7 Å². The smallest absolute Gasteiger partial charge is 0.337 e. The largest absolute Gasteiger partial charge is 0.465 e. The summed E-state index contributed by atoms with van der Waals surface area (Å²) in [6.07, 6.45) is 5.20. The van der Waals surface area contributed by atoms with Gasteiger partial charge in [0.15, 0.2) is 0 Å². The number of esters is 1. The minimum atomic E-state index is -0.412. The molecule has 8 heteroatoms. The molecule has 2 aromatic carbocycles. The maximum atomic E-state index is 11.7. The standard InChI is InChI=1S/C28H28N4O4/c1-35-28(34)20-5-7-23-21(18-30-24(23)14-20)4-2-3-9-31-10-12-32(13-11-31)25-15-19-6-8-27(33)36-26(19)16-22(25)17-29/h5-8,14-16,18,30H,2-4,9-13H2,1H3. The van der Waals surface area contributed by atoms with Crippen molar-refractivity contribution in [3.05, 3.63) is 75.8 Å². The maximum Gasteiger partial charge on any atom is 0.337 e. The summed E-state index contributed by atoms with van der Waals surface area (Å²) in [6, 6.07) is 14.7. The van der Waals surface area contributed by atoms with E-state index in [9.17, 15) is 14.9 Å². The van der Waals surface area contributed by atoms with Gasteiger partial charge in [-0.2, -0.15) is 5.26 Å². The topological polar surface area (TPSA) is 103 Å². The van der Waals surface area contributed by atoms with Crippen molar-refractivity contribution >= 4 is 33.5 Å². The molecule has 1 aliphatic rings. The lowest BCUT2D eigenvalue weighted by molar-refractivity contribution is 0.0601. The zero-order valence-corrected chi connectivity index (χ0v) is 20.3. The first-order valence-electron chi connectivity index (χ1n) is 12.2. The van der Waals surface area contributed by atoms with Gasteiger partial charge in [-0.15, -0.1) is 0 Å². The SMILES string of the molecule is COC(=O)c1ccc2c(CCCCN3CCN(c4cc5ccc(=O)oc5cc4C#N)CC3)c[nH]c2c1. The van der Waals surface area contributed by atoms with Gasteiger partial charge in [-0.3, -0.25) is 4.90 Å². The predicted molar refractivity (Wildman–Crippen MR) is 138 cm³/mol. The summed E-state index contributed by atoms with van der Waals surface area (Å²) in [7, 11) is 1.39. The average Bonchev–Trinajstić information content (AvgIpc) is 3.32. The number of H-pyrrole nitrogens is 1. The van der Waals surface area contributed by atoms with E-state index in [-0.39, 0.29) is 5.97 Å². The Labute approximate surface area is 208 Å². The Balaban J connectivity index is 1.13. The molecular weight excluding hydrogens is 456 g/mol. The molecule has 0 radical (unpaired) electrons. The number of nitrogens with zero attached hydrogens (tertiary/aromatic N) is 3. The number of aromatic nitrogens is 1. The van der Waals surface area contributed by atoms with Crippen molar-refractivity contribution in [2.45, 2.75) is 19.3 Å². The Morgan fingerprint density at radius 1 is 1.11 bits per heavy atom. The van der Waals surface area contributed by atoms with E-state index in [2.05, 4.69) is 20.9 Å². The Morgan fingerprint density at radius 2 is 1.94 bits per heavy atom. The van der Waals surface area contributed by atoms with Gasteiger partial charge in [0.1, 0.15) is 11.7 Å². The van der Waals surface area contributed by atoms with E-state index in [1.165, 1.54) is 18.7 Å². The van der Waals surface area contributed by atoms with Crippen molar-refractivity contribution in [3.63, 3.8) is 0 Å². The van der Waals surface area contributed by atoms with E-state index in [4.69, 9.17) is 9.15 Å². The van der Waals surface area contributed by atoms with Crippen molar-refractivity contribution in [1.82, 2.24) is 9.88 Å². The molecule has 36 heavy (non-hydrogen) atoms. The minimum absolute atomic E-state index is 0.328. The molecule has 0 saturated carbocycles. The van der Waals surface area contributed by atoms with Gasteiger partial charge in [0.2, 0.25) is 0 Å². The number of rotatable bonds is 7. The van der Waals surface area contributed by atoms with Crippen LogP contribution in [-0.2, 0) is 11.2 Å². The van der Waals surface area contributed by atoms with Crippen molar-refractivity contribution in [2.75, 3.05) is 44.7 Å². The molecule has 0 aliphatic carbocycles. The number of carbonyl (C=O) groups excluding carboxylic acids is 1. The van der Waals surface area contributed by atoms with Gasteiger partial charge in [-0.05, 0) is 55.6 Å². The van der Waals surface area contributed by atoms with Gasteiger partial charge in [0, 0.05) is 60.8 Å². The number of nitrogens with one attached hydrogen (secondary N) is 1. The number of fused-ring (bicyclic) bond motifs is 2. The van der Waals surface area contributed by atoms with Crippen LogP contribution in [0.4, 0.5) is 5.69 Å². The highest BCUT2D eigenvalue weighted by atomic mass is 16.5. The molecule has 0 spiro atoms. The van der Waals surface area contributed by atoms with Gasteiger partial charge >= 0.3 is 11.6 Å². The predicted octanol–water partition coefficient (Wildman–Crippen LogP) is 4.08. The Bertz CT molecular complexity index is 1510. The zero-order valence-electron chi connectivity index (χ0n) is 20.3. The number of anilines is 1. The number of aromatic amines is 1. The van der Waals surface area contributed by atoms with Crippen LogP contribution in [0.25, 0.3) is 21.9 Å². The molecule has 184 valence electrons. The number of carbonyl (C=O) groups is 1. The van der Waals surface area contributed by atoms with E-state index in [1.54, 1.807) is 12.1 Å². The van der Waals surface area contributed by atoms with Gasteiger partial charge in [0.05, 0.1) is 23.9 Å². The molecule has 0 atom stereocenters. The second kappa shape index (κ2) is 10.3. The third-order valence-corrected chi connectivity index (χ3v) is 6.93. The lowest BCUT2D eigenvalue weighted by atomic mass is 10.1. The van der Waals surface area contributed by atoms with Crippen LogP contribution >= 0.6 is 0 Å². The van der Waals surface area contributed by atoms with E-state index in [0.29, 0.717) is 16.7 Å². The van der Waals surface area contributed by atoms with Crippen LogP contribution in [0.15, 0.2) is 57.9 Å². The highest BCUT2D eigenvalue weighted by Crippen LogP contribution is 2.27. The van der Waals surface area contributed by atoms with Crippen molar-refractivity contribution in [1.29, 1.82) is 5.26 Å². The number of benzene rings is 2. The molecule has 1 saturated heterocycles.